The quantitative estimate of drug-likeness (QED) is 0.634. The van der Waals surface area contributed by atoms with Gasteiger partial charge >= 0.3 is 0 Å². The topological polar surface area (TPSA) is 29.3 Å². The second kappa shape index (κ2) is 2.71. The number of nitrogens with zero attached hydrogens (tertiary/aromatic N) is 1. The van der Waals surface area contributed by atoms with Gasteiger partial charge in [0.2, 0.25) is 0 Å². The van der Waals surface area contributed by atoms with Gasteiger partial charge in [-0.15, -0.1) is 0 Å². The van der Waals surface area contributed by atoms with Crippen LogP contribution in [0.1, 0.15) is 27.2 Å². The van der Waals surface area contributed by atoms with Gasteiger partial charge in [0.15, 0.2) is 0 Å². The van der Waals surface area contributed by atoms with Gasteiger partial charge < -0.3 is 5.73 Å². The standard InChI is InChI=1S/C10H20N2/c1-6(2)12-5-8-4-7(3)10(12)9(8)11/h6-10H,4-5,11H2,1-3H3/t7?,8-,9-,10-/m1/s1. The normalized spacial score (nSPS) is 47.8. The fourth-order valence-electron chi connectivity index (χ4n) is 3.12. The molecule has 1 unspecified atom stereocenters. The second-order valence-corrected chi connectivity index (χ2v) is 4.83. The van der Waals surface area contributed by atoms with Gasteiger partial charge in [0.05, 0.1) is 0 Å². The van der Waals surface area contributed by atoms with Crippen molar-refractivity contribution in [2.45, 2.75) is 45.3 Å². The van der Waals surface area contributed by atoms with E-state index in [9.17, 15) is 0 Å². The Morgan fingerprint density at radius 2 is 2.08 bits per heavy atom. The molecule has 2 heteroatoms. The van der Waals surface area contributed by atoms with Crippen LogP contribution in [0.15, 0.2) is 0 Å². The summed E-state index contributed by atoms with van der Waals surface area (Å²) >= 11 is 0. The van der Waals surface area contributed by atoms with Crippen molar-refractivity contribution in [3.8, 4) is 0 Å². The van der Waals surface area contributed by atoms with Crippen LogP contribution in [0.2, 0.25) is 0 Å². The van der Waals surface area contributed by atoms with E-state index in [-0.39, 0.29) is 0 Å². The minimum atomic E-state index is 0.461. The van der Waals surface area contributed by atoms with Crippen LogP contribution in [0.4, 0.5) is 0 Å². The molecule has 2 N–H and O–H groups in total. The first kappa shape index (κ1) is 8.52. The van der Waals surface area contributed by atoms with E-state index < -0.39 is 0 Å². The van der Waals surface area contributed by atoms with E-state index in [4.69, 9.17) is 5.73 Å². The van der Waals surface area contributed by atoms with Gasteiger partial charge in [-0.3, -0.25) is 4.90 Å². The maximum atomic E-state index is 6.16. The molecule has 0 amide bonds. The van der Waals surface area contributed by atoms with Crippen molar-refractivity contribution < 1.29 is 0 Å². The third-order valence-electron chi connectivity index (χ3n) is 3.69. The van der Waals surface area contributed by atoms with Gasteiger partial charge in [-0.25, -0.2) is 0 Å². The Bertz CT molecular complexity index is 179. The minimum absolute atomic E-state index is 0.461. The molecule has 1 aliphatic heterocycles. The summed E-state index contributed by atoms with van der Waals surface area (Å²) in [6.45, 7) is 8.15. The first-order valence-corrected chi connectivity index (χ1v) is 5.12. The Kier molecular flexibility index (Phi) is 1.92. The second-order valence-electron chi connectivity index (χ2n) is 4.83. The number of rotatable bonds is 1. The molecule has 0 aromatic heterocycles. The number of piperidine rings is 1. The van der Waals surface area contributed by atoms with Gasteiger partial charge in [0.25, 0.3) is 0 Å². The van der Waals surface area contributed by atoms with Crippen molar-refractivity contribution in [2.24, 2.45) is 17.6 Å². The zero-order chi connectivity index (χ0) is 8.88. The summed E-state index contributed by atoms with van der Waals surface area (Å²) in [6.07, 6.45) is 1.36. The average Bonchev–Trinajstić information content (AvgIpc) is 2.42. The van der Waals surface area contributed by atoms with Crippen molar-refractivity contribution in [3.63, 3.8) is 0 Å². The maximum absolute atomic E-state index is 6.16. The van der Waals surface area contributed by atoms with Gasteiger partial charge in [0, 0.05) is 24.7 Å². The molecule has 2 aliphatic rings. The summed E-state index contributed by atoms with van der Waals surface area (Å²) in [5.74, 6) is 1.61. The van der Waals surface area contributed by atoms with E-state index in [1.807, 2.05) is 0 Å². The third-order valence-corrected chi connectivity index (χ3v) is 3.69. The van der Waals surface area contributed by atoms with Gasteiger partial charge in [-0.1, -0.05) is 6.92 Å². The number of nitrogens with two attached hydrogens (primary N) is 1. The van der Waals surface area contributed by atoms with Crippen molar-refractivity contribution >= 4 is 0 Å². The van der Waals surface area contributed by atoms with E-state index >= 15 is 0 Å². The molecule has 0 aromatic carbocycles. The van der Waals surface area contributed by atoms with Crippen LogP contribution in [0.3, 0.4) is 0 Å². The lowest BCUT2D eigenvalue weighted by Crippen LogP contribution is -2.45. The molecule has 1 saturated carbocycles. The Morgan fingerprint density at radius 3 is 2.42 bits per heavy atom. The lowest BCUT2D eigenvalue weighted by Gasteiger charge is -2.34. The molecule has 2 nitrogen and oxygen atoms in total. The van der Waals surface area contributed by atoms with Gasteiger partial charge in [-0.2, -0.15) is 0 Å². The summed E-state index contributed by atoms with van der Waals surface area (Å²) in [5.41, 5.74) is 6.16. The smallest absolute Gasteiger partial charge is 0.0278 e. The van der Waals surface area contributed by atoms with Crippen molar-refractivity contribution in [1.82, 2.24) is 4.90 Å². The molecule has 1 aliphatic carbocycles. The van der Waals surface area contributed by atoms with E-state index in [0.717, 1.165) is 11.8 Å². The lowest BCUT2D eigenvalue weighted by atomic mass is 9.99. The Balaban J connectivity index is 2.14. The highest BCUT2D eigenvalue weighted by atomic mass is 15.2. The van der Waals surface area contributed by atoms with E-state index in [1.54, 1.807) is 0 Å². The molecule has 0 spiro atoms. The molecular weight excluding hydrogens is 148 g/mol. The van der Waals surface area contributed by atoms with E-state index in [2.05, 4.69) is 25.7 Å². The lowest BCUT2D eigenvalue weighted by molar-refractivity contribution is 0.129. The first-order chi connectivity index (χ1) is 5.61. The van der Waals surface area contributed by atoms with E-state index in [0.29, 0.717) is 18.1 Å². The fraction of sp³-hybridized carbons (Fsp3) is 1.00. The Morgan fingerprint density at radius 1 is 1.42 bits per heavy atom. The molecule has 1 saturated heterocycles. The maximum Gasteiger partial charge on any atom is 0.0278 e. The highest BCUT2D eigenvalue weighted by Crippen LogP contribution is 2.41. The van der Waals surface area contributed by atoms with Crippen LogP contribution < -0.4 is 5.73 Å². The van der Waals surface area contributed by atoms with Crippen LogP contribution in [-0.2, 0) is 0 Å². The highest BCUT2D eigenvalue weighted by molar-refractivity contribution is 5.05. The fourth-order valence-corrected chi connectivity index (χ4v) is 3.12. The molecule has 2 rings (SSSR count). The van der Waals surface area contributed by atoms with Crippen LogP contribution >= 0.6 is 0 Å². The van der Waals surface area contributed by atoms with Crippen molar-refractivity contribution in [1.29, 1.82) is 0 Å². The summed E-state index contributed by atoms with van der Waals surface area (Å²) in [7, 11) is 0. The monoisotopic (exact) mass is 168 g/mol. The molecule has 1 heterocycles. The summed E-state index contributed by atoms with van der Waals surface area (Å²) in [6, 6.07) is 1.81. The SMILES string of the molecule is CC1C[C@@H]2CN(C(C)C)[C@H]1[C@@H]2N. The van der Waals surface area contributed by atoms with Crippen molar-refractivity contribution in [3.05, 3.63) is 0 Å². The summed E-state index contributed by atoms with van der Waals surface area (Å²) in [5, 5.41) is 0. The zero-order valence-electron chi connectivity index (χ0n) is 8.33. The summed E-state index contributed by atoms with van der Waals surface area (Å²) in [4.78, 5) is 2.59. The Labute approximate surface area is 75.1 Å². The molecule has 0 aromatic rings. The van der Waals surface area contributed by atoms with E-state index in [1.165, 1.54) is 13.0 Å². The number of hydrogen-bond acceptors (Lipinski definition) is 2. The molecule has 2 fully saturated rings. The number of hydrogen-bond donors (Lipinski definition) is 1. The van der Waals surface area contributed by atoms with Crippen LogP contribution in [-0.4, -0.2) is 29.6 Å². The highest BCUT2D eigenvalue weighted by Gasteiger charge is 2.49. The minimum Gasteiger partial charge on any atom is -0.326 e. The third kappa shape index (κ3) is 1.01. The average molecular weight is 168 g/mol. The summed E-state index contributed by atoms with van der Waals surface area (Å²) < 4.78 is 0. The molecule has 2 bridgehead atoms. The zero-order valence-corrected chi connectivity index (χ0v) is 8.33. The first-order valence-electron chi connectivity index (χ1n) is 5.12. The van der Waals surface area contributed by atoms with Crippen LogP contribution in [0.25, 0.3) is 0 Å². The number of fused-ring (bicyclic) bond motifs is 2. The molecule has 12 heavy (non-hydrogen) atoms. The van der Waals surface area contributed by atoms with Crippen molar-refractivity contribution in [2.75, 3.05) is 6.54 Å². The molecular formula is C10H20N2. The van der Waals surface area contributed by atoms with Gasteiger partial charge in [-0.05, 0) is 32.1 Å². The van der Waals surface area contributed by atoms with Gasteiger partial charge in [0.1, 0.15) is 0 Å². The van der Waals surface area contributed by atoms with Crippen LogP contribution in [0, 0.1) is 11.8 Å². The predicted octanol–water partition coefficient (Wildman–Crippen LogP) is 1.06. The Hall–Kier alpha value is -0.0800. The largest absolute Gasteiger partial charge is 0.326 e. The number of likely N-dealkylation sites (tertiary alicyclic amines) is 1. The molecule has 70 valence electrons. The molecule has 0 radical (unpaired) electrons. The molecule has 4 atom stereocenters. The predicted molar refractivity (Wildman–Crippen MR) is 50.9 cm³/mol. The van der Waals surface area contributed by atoms with Crippen LogP contribution in [0.5, 0.6) is 0 Å².